The van der Waals surface area contributed by atoms with Gasteiger partial charge in [-0.15, -0.1) is 0 Å². The van der Waals surface area contributed by atoms with Crippen molar-refractivity contribution in [2.24, 2.45) is 5.92 Å². The summed E-state index contributed by atoms with van der Waals surface area (Å²) in [5.74, 6) is 0.416. The zero-order chi connectivity index (χ0) is 13.5. The molecule has 1 atom stereocenters. The zero-order valence-electron chi connectivity index (χ0n) is 11.1. The Morgan fingerprint density at radius 2 is 1.95 bits per heavy atom. The van der Waals surface area contributed by atoms with Crippen molar-refractivity contribution in [2.75, 3.05) is 13.2 Å². The largest absolute Gasteiger partial charge is 0.396 e. The van der Waals surface area contributed by atoms with E-state index in [0.29, 0.717) is 13.0 Å². The first kappa shape index (κ1) is 13.8. The Morgan fingerprint density at radius 3 is 2.58 bits per heavy atom. The van der Waals surface area contributed by atoms with Gasteiger partial charge < -0.3 is 10.4 Å². The molecule has 1 aliphatic rings. The van der Waals surface area contributed by atoms with E-state index < -0.39 is 0 Å². The number of allylic oxidation sites excluding steroid dienone is 2. The van der Waals surface area contributed by atoms with E-state index in [1.807, 2.05) is 30.3 Å². The van der Waals surface area contributed by atoms with Crippen molar-refractivity contribution in [1.82, 2.24) is 5.32 Å². The Hall–Kier alpha value is -1.61. The highest BCUT2D eigenvalue weighted by atomic mass is 16.3. The molecule has 102 valence electrons. The monoisotopic (exact) mass is 259 g/mol. The normalized spacial score (nSPS) is 16.5. The molecule has 0 bridgehead atoms. The molecule has 0 radical (unpaired) electrons. The van der Waals surface area contributed by atoms with Crippen molar-refractivity contribution >= 4 is 5.91 Å². The van der Waals surface area contributed by atoms with Gasteiger partial charge in [0.1, 0.15) is 0 Å². The van der Waals surface area contributed by atoms with E-state index in [2.05, 4.69) is 17.5 Å². The predicted octanol–water partition coefficient (Wildman–Crippen LogP) is 2.24. The van der Waals surface area contributed by atoms with Crippen LogP contribution in [-0.2, 0) is 4.79 Å². The van der Waals surface area contributed by atoms with Crippen LogP contribution in [-0.4, -0.2) is 24.2 Å². The Morgan fingerprint density at radius 1 is 1.26 bits per heavy atom. The number of benzene rings is 1. The fourth-order valence-electron chi connectivity index (χ4n) is 2.47. The first-order chi connectivity index (χ1) is 9.31. The molecule has 0 aliphatic heterocycles. The molecule has 19 heavy (non-hydrogen) atoms. The van der Waals surface area contributed by atoms with Gasteiger partial charge in [0.25, 0.3) is 0 Å². The predicted molar refractivity (Wildman–Crippen MR) is 75.8 cm³/mol. The van der Waals surface area contributed by atoms with Crippen molar-refractivity contribution in [3.8, 4) is 0 Å². The van der Waals surface area contributed by atoms with Crippen LogP contribution in [0.1, 0.15) is 30.7 Å². The molecule has 1 amide bonds. The van der Waals surface area contributed by atoms with Crippen molar-refractivity contribution in [3.63, 3.8) is 0 Å². The molecule has 0 spiro atoms. The van der Waals surface area contributed by atoms with Gasteiger partial charge in [-0.2, -0.15) is 0 Å². The quantitative estimate of drug-likeness (QED) is 0.770. The SMILES string of the molecule is O=C(NCC(CCO)c1ccccc1)C1CC=CC1. The molecule has 1 aromatic rings. The van der Waals surface area contributed by atoms with Crippen LogP contribution in [0.25, 0.3) is 0 Å². The molecule has 2 N–H and O–H groups in total. The lowest BCUT2D eigenvalue weighted by Crippen LogP contribution is -2.33. The highest BCUT2D eigenvalue weighted by Crippen LogP contribution is 2.20. The third-order valence-electron chi connectivity index (χ3n) is 3.65. The minimum Gasteiger partial charge on any atom is -0.396 e. The van der Waals surface area contributed by atoms with Crippen LogP contribution in [0.3, 0.4) is 0 Å². The standard InChI is InChI=1S/C16H21NO2/c18-11-10-15(13-6-2-1-3-7-13)12-17-16(19)14-8-4-5-9-14/h1-7,14-15,18H,8-12H2,(H,17,19). The first-order valence-corrected chi connectivity index (χ1v) is 6.89. The molecule has 0 fully saturated rings. The number of carbonyl (C=O) groups is 1. The fraction of sp³-hybridized carbons (Fsp3) is 0.438. The van der Waals surface area contributed by atoms with Crippen LogP contribution in [0.4, 0.5) is 0 Å². The smallest absolute Gasteiger partial charge is 0.223 e. The fourth-order valence-corrected chi connectivity index (χ4v) is 2.47. The summed E-state index contributed by atoms with van der Waals surface area (Å²) in [6.07, 6.45) is 6.50. The molecule has 1 unspecified atom stereocenters. The molecule has 0 saturated heterocycles. The third kappa shape index (κ3) is 3.93. The van der Waals surface area contributed by atoms with E-state index in [4.69, 9.17) is 5.11 Å². The van der Waals surface area contributed by atoms with Gasteiger partial charge >= 0.3 is 0 Å². The summed E-state index contributed by atoms with van der Waals surface area (Å²) in [5, 5.41) is 12.2. The van der Waals surface area contributed by atoms with Gasteiger partial charge in [-0.3, -0.25) is 4.79 Å². The van der Waals surface area contributed by atoms with E-state index in [1.54, 1.807) is 0 Å². The summed E-state index contributed by atoms with van der Waals surface area (Å²) in [6.45, 7) is 0.736. The maximum absolute atomic E-state index is 12.0. The van der Waals surface area contributed by atoms with Crippen LogP contribution >= 0.6 is 0 Å². The van der Waals surface area contributed by atoms with Crippen LogP contribution in [0.2, 0.25) is 0 Å². The second-order valence-corrected chi connectivity index (χ2v) is 5.00. The first-order valence-electron chi connectivity index (χ1n) is 6.89. The number of rotatable bonds is 6. The van der Waals surface area contributed by atoms with Crippen LogP contribution < -0.4 is 5.32 Å². The topological polar surface area (TPSA) is 49.3 Å². The van der Waals surface area contributed by atoms with Crippen molar-refractivity contribution in [2.45, 2.75) is 25.2 Å². The summed E-state index contributed by atoms with van der Waals surface area (Å²) >= 11 is 0. The van der Waals surface area contributed by atoms with E-state index >= 15 is 0 Å². The molecule has 3 heteroatoms. The second-order valence-electron chi connectivity index (χ2n) is 5.00. The Balaban J connectivity index is 1.88. The van der Waals surface area contributed by atoms with Gasteiger partial charge in [-0.05, 0) is 24.8 Å². The molecule has 1 aromatic carbocycles. The summed E-state index contributed by atoms with van der Waals surface area (Å²) in [7, 11) is 0. The number of hydrogen-bond donors (Lipinski definition) is 2. The number of carbonyl (C=O) groups excluding carboxylic acids is 1. The lowest BCUT2D eigenvalue weighted by Gasteiger charge is -2.18. The molecule has 3 nitrogen and oxygen atoms in total. The van der Waals surface area contributed by atoms with Crippen LogP contribution in [0.5, 0.6) is 0 Å². The Kier molecular flexibility index (Phi) is 5.16. The minimum atomic E-state index is 0.102. The van der Waals surface area contributed by atoms with E-state index in [1.165, 1.54) is 5.56 Å². The second kappa shape index (κ2) is 7.10. The van der Waals surface area contributed by atoms with Gasteiger partial charge in [0.2, 0.25) is 5.91 Å². The number of hydrogen-bond acceptors (Lipinski definition) is 2. The van der Waals surface area contributed by atoms with Crippen molar-refractivity contribution in [1.29, 1.82) is 0 Å². The molecule has 0 heterocycles. The summed E-state index contributed by atoms with van der Waals surface area (Å²) in [5.41, 5.74) is 1.17. The van der Waals surface area contributed by atoms with Crippen molar-refractivity contribution in [3.05, 3.63) is 48.0 Å². The van der Waals surface area contributed by atoms with E-state index in [0.717, 1.165) is 12.8 Å². The molecular formula is C16H21NO2. The Bertz CT molecular complexity index is 420. The van der Waals surface area contributed by atoms with Crippen LogP contribution in [0, 0.1) is 5.92 Å². The average Bonchev–Trinajstić information content (AvgIpc) is 2.98. The third-order valence-corrected chi connectivity index (χ3v) is 3.65. The van der Waals surface area contributed by atoms with Crippen LogP contribution in [0.15, 0.2) is 42.5 Å². The highest BCUT2D eigenvalue weighted by Gasteiger charge is 2.20. The number of aliphatic hydroxyl groups is 1. The number of nitrogens with one attached hydrogen (secondary N) is 1. The summed E-state index contributed by atoms with van der Waals surface area (Å²) < 4.78 is 0. The highest BCUT2D eigenvalue weighted by molar-refractivity contribution is 5.79. The van der Waals surface area contributed by atoms with Gasteiger partial charge in [-0.1, -0.05) is 42.5 Å². The minimum absolute atomic E-state index is 0.102. The van der Waals surface area contributed by atoms with Gasteiger partial charge in [0, 0.05) is 25.0 Å². The molecule has 1 aliphatic carbocycles. The summed E-state index contributed by atoms with van der Waals surface area (Å²) in [6, 6.07) is 10.0. The molecule has 2 rings (SSSR count). The van der Waals surface area contributed by atoms with Gasteiger partial charge in [0.05, 0.1) is 0 Å². The lowest BCUT2D eigenvalue weighted by molar-refractivity contribution is -0.124. The summed E-state index contributed by atoms with van der Waals surface area (Å²) in [4.78, 5) is 12.0. The molecular weight excluding hydrogens is 238 g/mol. The van der Waals surface area contributed by atoms with E-state index in [-0.39, 0.29) is 24.3 Å². The number of aliphatic hydroxyl groups excluding tert-OH is 1. The number of amides is 1. The van der Waals surface area contributed by atoms with Gasteiger partial charge in [0.15, 0.2) is 0 Å². The maximum Gasteiger partial charge on any atom is 0.223 e. The maximum atomic E-state index is 12.0. The molecule has 0 aromatic heterocycles. The van der Waals surface area contributed by atoms with E-state index in [9.17, 15) is 4.79 Å². The Labute approximate surface area is 114 Å². The molecule has 0 saturated carbocycles. The zero-order valence-corrected chi connectivity index (χ0v) is 11.1. The average molecular weight is 259 g/mol. The lowest BCUT2D eigenvalue weighted by atomic mass is 9.95. The van der Waals surface area contributed by atoms with Crippen molar-refractivity contribution < 1.29 is 9.90 Å². The van der Waals surface area contributed by atoms with Gasteiger partial charge in [-0.25, -0.2) is 0 Å².